The third-order valence-electron chi connectivity index (χ3n) is 2.54. The summed E-state index contributed by atoms with van der Waals surface area (Å²) in [6.07, 6.45) is 5.05. The monoisotopic (exact) mass is 211 g/mol. The summed E-state index contributed by atoms with van der Waals surface area (Å²) in [7, 11) is 0. The van der Waals surface area contributed by atoms with Crippen molar-refractivity contribution in [2.75, 3.05) is 6.54 Å². The average Bonchev–Trinajstić information content (AvgIpc) is 2.89. The first-order valence-corrected chi connectivity index (χ1v) is 6.18. The van der Waals surface area contributed by atoms with Crippen molar-refractivity contribution in [3.63, 3.8) is 0 Å². The maximum absolute atomic E-state index is 4.15. The van der Waals surface area contributed by atoms with Crippen molar-refractivity contribution in [2.45, 2.75) is 39.2 Å². The first kappa shape index (κ1) is 10.1. The van der Waals surface area contributed by atoms with Crippen LogP contribution in [0.3, 0.4) is 0 Å². The largest absolute Gasteiger partial charge is 0.311 e. The van der Waals surface area contributed by atoms with Crippen LogP contribution in [0.4, 0.5) is 0 Å². The van der Waals surface area contributed by atoms with Crippen LogP contribution in [0.25, 0.3) is 0 Å². The Kier molecular flexibility index (Phi) is 3.48. The molecule has 0 amide bonds. The van der Waals surface area contributed by atoms with Crippen molar-refractivity contribution >= 4 is 11.5 Å². The zero-order valence-electron chi connectivity index (χ0n) is 8.62. The highest BCUT2D eigenvalue weighted by atomic mass is 32.1. The van der Waals surface area contributed by atoms with Gasteiger partial charge in [0.05, 0.1) is 10.6 Å². The van der Waals surface area contributed by atoms with Crippen molar-refractivity contribution < 1.29 is 0 Å². The van der Waals surface area contributed by atoms with Crippen LogP contribution >= 0.6 is 11.5 Å². The van der Waals surface area contributed by atoms with Crippen LogP contribution in [0.15, 0.2) is 0 Å². The van der Waals surface area contributed by atoms with Gasteiger partial charge in [0.25, 0.3) is 0 Å². The molecule has 0 aliphatic heterocycles. The van der Waals surface area contributed by atoms with E-state index in [2.05, 4.69) is 21.8 Å². The van der Waals surface area contributed by atoms with E-state index < -0.39 is 0 Å². The molecular formula is C10H17N3S. The zero-order valence-corrected chi connectivity index (χ0v) is 9.44. The highest BCUT2D eigenvalue weighted by Crippen LogP contribution is 2.27. The molecule has 0 unspecified atom stereocenters. The van der Waals surface area contributed by atoms with Gasteiger partial charge in [-0.25, -0.2) is 0 Å². The minimum atomic E-state index is 0.950. The molecule has 1 aromatic heterocycles. The number of hydrogen-bond acceptors (Lipinski definition) is 4. The first-order valence-electron chi connectivity index (χ1n) is 5.41. The molecule has 1 fully saturated rings. The highest BCUT2D eigenvalue weighted by Gasteiger charge is 2.20. The van der Waals surface area contributed by atoms with E-state index in [1.165, 1.54) is 41.5 Å². The van der Waals surface area contributed by atoms with Gasteiger partial charge in [0.1, 0.15) is 0 Å². The van der Waals surface area contributed by atoms with Crippen LogP contribution < -0.4 is 5.32 Å². The van der Waals surface area contributed by atoms with Crippen LogP contribution in [-0.2, 0) is 13.0 Å². The standard InChI is InChI=1S/C10H17N3S/c1-2-3-9-10(14-13-12-9)7-11-6-8-4-5-8/h8,11H,2-7H2,1H3. The molecule has 0 spiro atoms. The number of nitrogens with zero attached hydrogens (tertiary/aromatic N) is 2. The van der Waals surface area contributed by atoms with Crippen molar-refractivity contribution in [3.05, 3.63) is 10.6 Å². The molecule has 1 saturated carbocycles. The quantitative estimate of drug-likeness (QED) is 0.782. The summed E-state index contributed by atoms with van der Waals surface area (Å²) in [6.45, 7) is 4.31. The topological polar surface area (TPSA) is 37.8 Å². The van der Waals surface area contributed by atoms with Gasteiger partial charge in [-0.15, -0.1) is 5.10 Å². The minimum absolute atomic E-state index is 0.950. The second-order valence-electron chi connectivity index (χ2n) is 3.97. The molecule has 1 aliphatic rings. The lowest BCUT2D eigenvalue weighted by Gasteiger charge is -2.01. The lowest BCUT2D eigenvalue weighted by molar-refractivity contribution is 0.638. The number of aryl methyl sites for hydroxylation is 1. The molecule has 3 nitrogen and oxygen atoms in total. The smallest absolute Gasteiger partial charge is 0.0800 e. The van der Waals surface area contributed by atoms with Crippen molar-refractivity contribution in [1.29, 1.82) is 0 Å². The zero-order chi connectivity index (χ0) is 9.80. The van der Waals surface area contributed by atoms with Gasteiger partial charge in [0.15, 0.2) is 0 Å². The first-order chi connectivity index (χ1) is 6.90. The van der Waals surface area contributed by atoms with Gasteiger partial charge in [-0.05, 0) is 43.3 Å². The van der Waals surface area contributed by atoms with Gasteiger partial charge in [0, 0.05) is 6.54 Å². The fourth-order valence-electron chi connectivity index (χ4n) is 1.50. The van der Waals surface area contributed by atoms with Gasteiger partial charge >= 0.3 is 0 Å². The molecule has 0 radical (unpaired) electrons. The predicted molar refractivity (Wildman–Crippen MR) is 58.3 cm³/mol. The van der Waals surface area contributed by atoms with Gasteiger partial charge in [-0.1, -0.05) is 17.8 Å². The van der Waals surface area contributed by atoms with Crippen LogP contribution in [0, 0.1) is 5.92 Å². The van der Waals surface area contributed by atoms with E-state index in [1.54, 1.807) is 0 Å². The van der Waals surface area contributed by atoms with E-state index in [9.17, 15) is 0 Å². The number of hydrogen-bond donors (Lipinski definition) is 1. The van der Waals surface area contributed by atoms with Crippen LogP contribution in [0.2, 0.25) is 0 Å². The summed E-state index contributed by atoms with van der Waals surface area (Å²) < 4.78 is 4.01. The van der Waals surface area contributed by atoms with Crippen LogP contribution in [-0.4, -0.2) is 16.1 Å². The van der Waals surface area contributed by atoms with Gasteiger partial charge in [-0.2, -0.15) is 0 Å². The van der Waals surface area contributed by atoms with E-state index in [0.29, 0.717) is 0 Å². The maximum atomic E-state index is 4.15. The SMILES string of the molecule is CCCc1nnsc1CNCC1CC1. The molecule has 1 aliphatic carbocycles. The molecule has 1 aromatic rings. The molecule has 0 saturated heterocycles. The summed E-state index contributed by atoms with van der Waals surface area (Å²) in [4.78, 5) is 1.33. The Bertz CT molecular complexity index is 281. The molecule has 0 bridgehead atoms. The summed E-state index contributed by atoms with van der Waals surface area (Å²) >= 11 is 1.54. The Morgan fingerprint density at radius 3 is 3.07 bits per heavy atom. The predicted octanol–water partition coefficient (Wildman–Crippen LogP) is 1.99. The Morgan fingerprint density at radius 2 is 2.36 bits per heavy atom. The lowest BCUT2D eigenvalue weighted by Crippen LogP contribution is -2.16. The fourth-order valence-corrected chi connectivity index (χ4v) is 2.15. The van der Waals surface area contributed by atoms with E-state index >= 15 is 0 Å². The molecule has 1 N–H and O–H groups in total. The third kappa shape index (κ3) is 2.75. The van der Waals surface area contributed by atoms with Gasteiger partial charge in [0.2, 0.25) is 0 Å². The van der Waals surface area contributed by atoms with E-state index in [1.807, 2.05) is 0 Å². The molecule has 0 atom stereocenters. The summed E-state index contributed by atoms with van der Waals surface area (Å²) in [6, 6.07) is 0. The Hall–Kier alpha value is -0.480. The Labute approximate surface area is 89.1 Å². The highest BCUT2D eigenvalue weighted by molar-refractivity contribution is 7.05. The molecule has 78 valence electrons. The summed E-state index contributed by atoms with van der Waals surface area (Å²) in [5, 5.41) is 7.63. The molecule has 1 heterocycles. The number of nitrogens with one attached hydrogen (secondary N) is 1. The van der Waals surface area contributed by atoms with Gasteiger partial charge in [-0.3, -0.25) is 0 Å². The third-order valence-corrected chi connectivity index (χ3v) is 3.30. The van der Waals surface area contributed by atoms with E-state index in [0.717, 1.165) is 25.3 Å². The van der Waals surface area contributed by atoms with Crippen LogP contribution in [0.5, 0.6) is 0 Å². The molecular weight excluding hydrogens is 194 g/mol. The fraction of sp³-hybridized carbons (Fsp3) is 0.800. The second-order valence-corrected chi connectivity index (χ2v) is 4.81. The molecule has 4 heteroatoms. The normalized spacial score (nSPS) is 16.1. The van der Waals surface area contributed by atoms with Crippen molar-refractivity contribution in [3.8, 4) is 0 Å². The average molecular weight is 211 g/mol. The van der Waals surface area contributed by atoms with Crippen molar-refractivity contribution in [1.82, 2.24) is 14.9 Å². The number of aromatic nitrogens is 2. The van der Waals surface area contributed by atoms with Crippen molar-refractivity contribution in [2.24, 2.45) is 5.92 Å². The molecule has 14 heavy (non-hydrogen) atoms. The Balaban J connectivity index is 1.78. The Morgan fingerprint density at radius 1 is 1.50 bits per heavy atom. The summed E-state index contributed by atoms with van der Waals surface area (Å²) in [5.41, 5.74) is 1.20. The molecule has 2 rings (SSSR count). The summed E-state index contributed by atoms with van der Waals surface area (Å²) in [5.74, 6) is 0.950. The minimum Gasteiger partial charge on any atom is -0.311 e. The van der Waals surface area contributed by atoms with Crippen LogP contribution in [0.1, 0.15) is 36.8 Å². The maximum Gasteiger partial charge on any atom is 0.0800 e. The van der Waals surface area contributed by atoms with E-state index in [-0.39, 0.29) is 0 Å². The van der Waals surface area contributed by atoms with Gasteiger partial charge < -0.3 is 5.32 Å². The second kappa shape index (κ2) is 4.84. The lowest BCUT2D eigenvalue weighted by atomic mass is 10.2. The number of rotatable bonds is 6. The molecule has 0 aromatic carbocycles. The van der Waals surface area contributed by atoms with E-state index in [4.69, 9.17) is 0 Å².